The summed E-state index contributed by atoms with van der Waals surface area (Å²) in [4.78, 5) is 24.3. The van der Waals surface area contributed by atoms with Gasteiger partial charge in [0.15, 0.2) is 0 Å². The molecule has 2 aromatic rings. The number of hydrogen-bond acceptors (Lipinski definition) is 4. The van der Waals surface area contributed by atoms with Crippen molar-refractivity contribution in [3.63, 3.8) is 0 Å². The van der Waals surface area contributed by atoms with E-state index in [0.29, 0.717) is 10.6 Å². The fourth-order valence-corrected chi connectivity index (χ4v) is 2.24. The third-order valence-electron chi connectivity index (χ3n) is 3.09. The van der Waals surface area contributed by atoms with Crippen molar-refractivity contribution in [2.45, 2.75) is 0 Å². The van der Waals surface area contributed by atoms with Crippen LogP contribution in [0.5, 0.6) is 11.5 Å². The molecule has 0 fully saturated rings. The van der Waals surface area contributed by atoms with Crippen LogP contribution in [-0.4, -0.2) is 16.9 Å². The number of halogens is 1. The Morgan fingerprint density at radius 2 is 1.86 bits per heavy atom. The van der Waals surface area contributed by atoms with Crippen LogP contribution in [0, 0.1) is 0 Å². The maximum atomic E-state index is 12.3. The lowest BCUT2D eigenvalue weighted by molar-refractivity contribution is -0.130. The molecule has 1 N–H and O–H groups in total. The molecule has 21 heavy (non-hydrogen) atoms. The van der Waals surface area contributed by atoms with Crippen LogP contribution in [-0.2, 0) is 4.79 Å². The van der Waals surface area contributed by atoms with Gasteiger partial charge in [-0.1, -0.05) is 23.7 Å². The Balaban J connectivity index is 2.11. The smallest absolute Gasteiger partial charge is 0.347 e. The highest BCUT2D eigenvalue weighted by atomic mass is 35.5. The number of hydrogen-bond donors (Lipinski definition) is 1. The SMILES string of the molecule is O=C1Oc2ccccc2C(=O)/C1=C\c1cc(Cl)ccc1O. The second-order valence-corrected chi connectivity index (χ2v) is 4.91. The number of ether oxygens (including phenoxy) is 1. The van der Waals surface area contributed by atoms with Crippen molar-refractivity contribution in [3.05, 3.63) is 64.2 Å². The summed E-state index contributed by atoms with van der Waals surface area (Å²) in [6.07, 6.45) is 1.28. The molecule has 1 heterocycles. The molecule has 0 atom stereocenters. The van der Waals surface area contributed by atoms with E-state index in [0.717, 1.165) is 0 Å². The topological polar surface area (TPSA) is 63.6 Å². The lowest BCUT2D eigenvalue weighted by Crippen LogP contribution is -2.24. The zero-order valence-corrected chi connectivity index (χ0v) is 11.4. The number of aromatic hydroxyl groups is 1. The van der Waals surface area contributed by atoms with Gasteiger partial charge in [0, 0.05) is 10.6 Å². The van der Waals surface area contributed by atoms with Crippen molar-refractivity contribution >= 4 is 29.4 Å². The number of fused-ring (bicyclic) bond motifs is 1. The summed E-state index contributed by atoms with van der Waals surface area (Å²) in [7, 11) is 0. The average Bonchev–Trinajstić information content (AvgIpc) is 2.47. The molecule has 0 amide bonds. The van der Waals surface area contributed by atoms with Gasteiger partial charge in [-0.2, -0.15) is 0 Å². The maximum absolute atomic E-state index is 12.3. The second kappa shape index (κ2) is 5.07. The van der Waals surface area contributed by atoms with E-state index in [1.807, 2.05) is 0 Å². The van der Waals surface area contributed by atoms with E-state index in [9.17, 15) is 14.7 Å². The number of benzene rings is 2. The highest BCUT2D eigenvalue weighted by Gasteiger charge is 2.30. The molecule has 0 spiro atoms. The Kier molecular flexibility index (Phi) is 3.23. The summed E-state index contributed by atoms with van der Waals surface area (Å²) in [5.74, 6) is -1.04. The number of carbonyl (C=O) groups is 2. The van der Waals surface area contributed by atoms with Crippen molar-refractivity contribution < 1.29 is 19.4 Å². The Bertz CT molecular complexity index is 793. The van der Waals surface area contributed by atoms with Crippen molar-refractivity contribution in [3.8, 4) is 11.5 Å². The standard InChI is InChI=1S/C16H9ClO4/c17-10-5-6-13(18)9(7-10)8-12-15(19)11-3-1-2-4-14(11)21-16(12)20/h1-8,18H/b12-8+. The van der Waals surface area contributed by atoms with Gasteiger partial charge in [-0.3, -0.25) is 4.79 Å². The summed E-state index contributed by atoms with van der Waals surface area (Å²) in [6.45, 7) is 0. The summed E-state index contributed by atoms with van der Waals surface area (Å²) in [5, 5.41) is 10.2. The van der Waals surface area contributed by atoms with Crippen molar-refractivity contribution in [1.29, 1.82) is 0 Å². The normalized spacial score (nSPS) is 15.8. The van der Waals surface area contributed by atoms with Gasteiger partial charge in [0.25, 0.3) is 0 Å². The molecule has 1 aliphatic rings. The van der Waals surface area contributed by atoms with Gasteiger partial charge in [0.05, 0.1) is 5.56 Å². The van der Waals surface area contributed by atoms with Gasteiger partial charge < -0.3 is 9.84 Å². The molecule has 0 aliphatic carbocycles. The zero-order valence-electron chi connectivity index (χ0n) is 10.7. The molecule has 5 heteroatoms. The first-order valence-electron chi connectivity index (χ1n) is 6.12. The van der Waals surface area contributed by atoms with Crippen molar-refractivity contribution in [2.75, 3.05) is 0 Å². The third kappa shape index (κ3) is 2.41. The number of phenolic OH excluding ortho intramolecular Hbond substituents is 1. The summed E-state index contributed by atoms with van der Waals surface area (Å²) < 4.78 is 5.11. The van der Waals surface area contributed by atoms with Gasteiger partial charge in [-0.25, -0.2) is 4.79 Å². The van der Waals surface area contributed by atoms with Gasteiger partial charge in [-0.05, 0) is 36.4 Å². The lowest BCUT2D eigenvalue weighted by atomic mass is 9.98. The van der Waals surface area contributed by atoms with Crippen LogP contribution in [0.3, 0.4) is 0 Å². The van der Waals surface area contributed by atoms with Crippen LogP contribution in [0.4, 0.5) is 0 Å². The van der Waals surface area contributed by atoms with E-state index in [4.69, 9.17) is 16.3 Å². The number of para-hydroxylation sites is 1. The van der Waals surface area contributed by atoms with Crippen molar-refractivity contribution in [1.82, 2.24) is 0 Å². The Morgan fingerprint density at radius 1 is 1.10 bits per heavy atom. The van der Waals surface area contributed by atoms with Crippen LogP contribution in [0.1, 0.15) is 15.9 Å². The van der Waals surface area contributed by atoms with E-state index < -0.39 is 11.8 Å². The predicted molar refractivity (Wildman–Crippen MR) is 77.5 cm³/mol. The molecule has 0 saturated carbocycles. The molecule has 0 bridgehead atoms. The fourth-order valence-electron chi connectivity index (χ4n) is 2.06. The lowest BCUT2D eigenvalue weighted by Gasteiger charge is -2.16. The van der Waals surface area contributed by atoms with E-state index in [1.54, 1.807) is 24.3 Å². The predicted octanol–water partition coefficient (Wildman–Crippen LogP) is 3.23. The minimum absolute atomic E-state index is 0.0774. The van der Waals surface area contributed by atoms with Crippen LogP contribution in [0.25, 0.3) is 6.08 Å². The van der Waals surface area contributed by atoms with E-state index in [-0.39, 0.29) is 22.6 Å². The molecule has 0 saturated heterocycles. The number of esters is 1. The molecule has 0 aromatic heterocycles. The van der Waals surface area contributed by atoms with E-state index in [2.05, 4.69) is 0 Å². The molecule has 4 nitrogen and oxygen atoms in total. The Morgan fingerprint density at radius 3 is 2.67 bits per heavy atom. The first-order valence-corrected chi connectivity index (χ1v) is 6.50. The largest absolute Gasteiger partial charge is 0.507 e. The summed E-state index contributed by atoms with van der Waals surface area (Å²) >= 11 is 5.85. The van der Waals surface area contributed by atoms with E-state index >= 15 is 0 Å². The van der Waals surface area contributed by atoms with Crippen LogP contribution in [0.15, 0.2) is 48.0 Å². The minimum atomic E-state index is -0.752. The number of phenols is 1. The van der Waals surface area contributed by atoms with Gasteiger partial charge in [0.2, 0.25) is 5.78 Å². The molecule has 1 aliphatic heterocycles. The molecule has 2 aromatic carbocycles. The zero-order chi connectivity index (χ0) is 15.0. The first kappa shape index (κ1) is 13.4. The average molecular weight is 301 g/mol. The molecule has 0 radical (unpaired) electrons. The molecular weight excluding hydrogens is 292 g/mol. The highest BCUT2D eigenvalue weighted by molar-refractivity contribution is 6.31. The van der Waals surface area contributed by atoms with Crippen molar-refractivity contribution in [2.24, 2.45) is 0 Å². The summed E-state index contributed by atoms with van der Waals surface area (Å²) in [6, 6.07) is 10.9. The molecule has 3 rings (SSSR count). The molecule has 104 valence electrons. The Labute approximate surface area is 125 Å². The third-order valence-corrected chi connectivity index (χ3v) is 3.32. The number of rotatable bonds is 1. The number of carbonyl (C=O) groups excluding carboxylic acids is 2. The van der Waals surface area contributed by atoms with Crippen LogP contribution in [0.2, 0.25) is 5.02 Å². The van der Waals surface area contributed by atoms with Gasteiger partial charge >= 0.3 is 5.97 Å². The first-order chi connectivity index (χ1) is 10.1. The monoisotopic (exact) mass is 300 g/mol. The van der Waals surface area contributed by atoms with E-state index in [1.165, 1.54) is 24.3 Å². The highest BCUT2D eigenvalue weighted by Crippen LogP contribution is 2.30. The molecular formula is C16H9ClO4. The fraction of sp³-hybridized carbons (Fsp3) is 0. The number of ketones is 1. The molecule has 0 unspecified atom stereocenters. The maximum Gasteiger partial charge on any atom is 0.347 e. The number of Topliss-reactive ketones (excluding diaryl/α,β-unsaturated/α-hetero) is 1. The van der Waals surface area contributed by atoms with Gasteiger partial charge in [-0.15, -0.1) is 0 Å². The Hall–Kier alpha value is -2.59. The quantitative estimate of drug-likeness (QED) is 0.380. The van der Waals surface area contributed by atoms with Crippen LogP contribution < -0.4 is 4.74 Å². The minimum Gasteiger partial charge on any atom is -0.507 e. The van der Waals surface area contributed by atoms with Gasteiger partial charge in [0.1, 0.15) is 17.1 Å². The second-order valence-electron chi connectivity index (χ2n) is 4.48. The van der Waals surface area contributed by atoms with Crippen LogP contribution >= 0.6 is 11.6 Å². The summed E-state index contributed by atoms with van der Waals surface area (Å²) in [5.41, 5.74) is 0.443.